The third-order valence-corrected chi connectivity index (χ3v) is 4.18. The molecule has 0 fully saturated rings. The number of thiophene rings is 1. The van der Waals surface area contributed by atoms with Crippen LogP contribution in [0, 0.1) is 0 Å². The van der Waals surface area contributed by atoms with E-state index in [1.54, 1.807) is 34.4 Å². The molecule has 1 aromatic carbocycles. The Morgan fingerprint density at radius 1 is 1.27 bits per heavy atom. The van der Waals surface area contributed by atoms with Crippen molar-refractivity contribution in [2.45, 2.75) is 13.3 Å². The second kappa shape index (κ2) is 7.96. The largest absolute Gasteiger partial charge is 0.354 e. The van der Waals surface area contributed by atoms with Crippen molar-refractivity contribution < 1.29 is 9.59 Å². The van der Waals surface area contributed by atoms with Crippen LogP contribution in [0.5, 0.6) is 0 Å². The fraction of sp³-hybridized carbons (Fsp3) is 0.250. The zero-order chi connectivity index (χ0) is 15.9. The molecule has 4 nitrogen and oxygen atoms in total. The maximum Gasteiger partial charge on any atom is 0.225 e. The van der Waals surface area contributed by atoms with Crippen LogP contribution in [-0.2, 0) is 16.0 Å². The molecule has 2 aromatic rings. The number of carbonyl (C=O) groups excluding carboxylic acids is 2. The fourth-order valence-corrected chi connectivity index (χ4v) is 2.94. The lowest BCUT2D eigenvalue weighted by molar-refractivity contribution is -0.120. The average molecular weight is 337 g/mol. The molecular formula is C16H17ClN2O2S. The standard InChI is InChI=1S/C16H17ClN2O2S/c1-12(20)19(14-5-2-4-13(17)10-14)8-7-18-16(21)11-15-6-3-9-22-15/h2-6,9-10H,7-8,11H2,1H3,(H,18,21). The minimum atomic E-state index is -0.0882. The van der Waals surface area contributed by atoms with Gasteiger partial charge in [0, 0.05) is 35.6 Å². The molecule has 0 saturated carbocycles. The molecule has 1 N–H and O–H groups in total. The van der Waals surface area contributed by atoms with Crippen molar-refractivity contribution in [1.29, 1.82) is 0 Å². The quantitative estimate of drug-likeness (QED) is 0.881. The van der Waals surface area contributed by atoms with Gasteiger partial charge in [-0.05, 0) is 29.6 Å². The number of hydrogen-bond acceptors (Lipinski definition) is 3. The fourth-order valence-electron chi connectivity index (χ4n) is 2.05. The van der Waals surface area contributed by atoms with Crippen LogP contribution < -0.4 is 10.2 Å². The van der Waals surface area contributed by atoms with Crippen LogP contribution >= 0.6 is 22.9 Å². The van der Waals surface area contributed by atoms with E-state index in [4.69, 9.17) is 11.6 Å². The lowest BCUT2D eigenvalue weighted by atomic mass is 10.2. The molecule has 6 heteroatoms. The number of hydrogen-bond donors (Lipinski definition) is 1. The zero-order valence-corrected chi connectivity index (χ0v) is 13.8. The lowest BCUT2D eigenvalue weighted by Crippen LogP contribution is -2.38. The van der Waals surface area contributed by atoms with Crippen LogP contribution in [0.2, 0.25) is 5.02 Å². The van der Waals surface area contributed by atoms with Crippen molar-refractivity contribution in [3.63, 3.8) is 0 Å². The van der Waals surface area contributed by atoms with E-state index < -0.39 is 0 Å². The number of nitrogens with zero attached hydrogens (tertiary/aromatic N) is 1. The van der Waals surface area contributed by atoms with Gasteiger partial charge >= 0.3 is 0 Å². The van der Waals surface area contributed by atoms with E-state index in [0.717, 1.165) is 10.6 Å². The Kier molecular flexibility index (Phi) is 5.98. The minimum absolute atomic E-state index is 0.0444. The first-order chi connectivity index (χ1) is 10.6. The van der Waals surface area contributed by atoms with Crippen molar-refractivity contribution in [2.75, 3.05) is 18.0 Å². The number of nitrogens with one attached hydrogen (secondary N) is 1. The average Bonchev–Trinajstić information content (AvgIpc) is 2.96. The summed E-state index contributed by atoms with van der Waals surface area (Å²) < 4.78 is 0. The van der Waals surface area contributed by atoms with E-state index in [1.165, 1.54) is 6.92 Å². The van der Waals surface area contributed by atoms with Crippen molar-refractivity contribution in [1.82, 2.24) is 5.32 Å². The predicted octanol–water partition coefficient (Wildman–Crippen LogP) is 3.11. The zero-order valence-electron chi connectivity index (χ0n) is 12.2. The van der Waals surface area contributed by atoms with Crippen LogP contribution in [0.15, 0.2) is 41.8 Å². The topological polar surface area (TPSA) is 49.4 Å². The summed E-state index contributed by atoms with van der Waals surface area (Å²) in [6.07, 6.45) is 0.370. The van der Waals surface area contributed by atoms with Crippen LogP contribution in [-0.4, -0.2) is 24.9 Å². The first-order valence-corrected chi connectivity index (χ1v) is 8.15. The van der Waals surface area contributed by atoms with Crippen molar-refractivity contribution in [3.05, 3.63) is 51.7 Å². The summed E-state index contributed by atoms with van der Waals surface area (Å²) in [5.41, 5.74) is 0.729. The molecule has 0 bridgehead atoms. The molecule has 1 aromatic heterocycles. The van der Waals surface area contributed by atoms with Gasteiger partial charge in [-0.2, -0.15) is 0 Å². The number of anilines is 1. The smallest absolute Gasteiger partial charge is 0.225 e. The minimum Gasteiger partial charge on any atom is -0.354 e. The summed E-state index contributed by atoms with van der Waals surface area (Å²) >= 11 is 7.51. The van der Waals surface area contributed by atoms with Crippen LogP contribution in [0.4, 0.5) is 5.69 Å². The molecule has 0 spiro atoms. The Morgan fingerprint density at radius 3 is 2.73 bits per heavy atom. The first-order valence-electron chi connectivity index (χ1n) is 6.89. The molecule has 0 unspecified atom stereocenters. The summed E-state index contributed by atoms with van der Waals surface area (Å²) in [6, 6.07) is 11.0. The van der Waals surface area contributed by atoms with Gasteiger partial charge in [-0.25, -0.2) is 0 Å². The predicted molar refractivity (Wildman–Crippen MR) is 90.5 cm³/mol. The SMILES string of the molecule is CC(=O)N(CCNC(=O)Cc1cccs1)c1cccc(Cl)c1. The van der Waals surface area contributed by atoms with Gasteiger partial charge in [0.05, 0.1) is 6.42 Å². The van der Waals surface area contributed by atoms with E-state index in [2.05, 4.69) is 5.32 Å². The van der Waals surface area contributed by atoms with Gasteiger partial charge in [-0.1, -0.05) is 23.7 Å². The van der Waals surface area contributed by atoms with E-state index >= 15 is 0 Å². The van der Waals surface area contributed by atoms with Crippen LogP contribution in [0.1, 0.15) is 11.8 Å². The van der Waals surface area contributed by atoms with E-state index in [0.29, 0.717) is 24.5 Å². The van der Waals surface area contributed by atoms with Gasteiger partial charge in [-0.15, -0.1) is 11.3 Å². The van der Waals surface area contributed by atoms with Gasteiger partial charge in [0.25, 0.3) is 0 Å². The van der Waals surface area contributed by atoms with E-state index in [9.17, 15) is 9.59 Å². The third-order valence-electron chi connectivity index (χ3n) is 3.07. The van der Waals surface area contributed by atoms with Gasteiger partial charge in [0.15, 0.2) is 0 Å². The van der Waals surface area contributed by atoms with Gasteiger partial charge in [0.1, 0.15) is 0 Å². The molecular weight excluding hydrogens is 320 g/mol. The highest BCUT2D eigenvalue weighted by Crippen LogP contribution is 2.19. The Labute approximate surface area is 138 Å². The second-order valence-electron chi connectivity index (χ2n) is 4.76. The van der Waals surface area contributed by atoms with E-state index in [1.807, 2.05) is 23.6 Å². The number of carbonyl (C=O) groups is 2. The Bertz CT molecular complexity index is 643. The molecule has 0 aliphatic rings. The molecule has 0 radical (unpaired) electrons. The van der Waals surface area contributed by atoms with Crippen molar-refractivity contribution in [2.24, 2.45) is 0 Å². The maximum atomic E-state index is 11.8. The van der Waals surface area contributed by atoms with Crippen LogP contribution in [0.3, 0.4) is 0 Å². The molecule has 2 amide bonds. The molecule has 22 heavy (non-hydrogen) atoms. The summed E-state index contributed by atoms with van der Waals surface area (Å²) in [4.78, 5) is 26.2. The normalized spacial score (nSPS) is 10.3. The molecule has 0 aliphatic carbocycles. The molecule has 2 rings (SSSR count). The molecule has 0 aliphatic heterocycles. The third kappa shape index (κ3) is 4.86. The molecule has 116 valence electrons. The maximum absolute atomic E-state index is 11.8. The number of amides is 2. The monoisotopic (exact) mass is 336 g/mol. The van der Waals surface area contributed by atoms with Crippen LogP contribution in [0.25, 0.3) is 0 Å². The number of halogens is 1. The summed E-state index contributed by atoms with van der Waals surface area (Å²) in [5, 5.41) is 5.35. The van der Waals surface area contributed by atoms with Gasteiger partial charge < -0.3 is 10.2 Å². The first kappa shape index (κ1) is 16.5. The highest BCUT2D eigenvalue weighted by atomic mass is 35.5. The summed E-state index contributed by atoms with van der Waals surface area (Å²) in [5.74, 6) is -0.133. The van der Waals surface area contributed by atoms with Crippen molar-refractivity contribution >= 4 is 40.4 Å². The second-order valence-corrected chi connectivity index (χ2v) is 6.23. The molecule has 1 heterocycles. The van der Waals surface area contributed by atoms with Crippen molar-refractivity contribution in [3.8, 4) is 0 Å². The Morgan fingerprint density at radius 2 is 2.09 bits per heavy atom. The van der Waals surface area contributed by atoms with E-state index in [-0.39, 0.29) is 11.8 Å². The molecule has 0 atom stereocenters. The highest BCUT2D eigenvalue weighted by molar-refractivity contribution is 7.10. The highest BCUT2D eigenvalue weighted by Gasteiger charge is 2.12. The summed E-state index contributed by atoms with van der Waals surface area (Å²) in [6.45, 7) is 2.30. The summed E-state index contributed by atoms with van der Waals surface area (Å²) in [7, 11) is 0. The Balaban J connectivity index is 1.87. The lowest BCUT2D eigenvalue weighted by Gasteiger charge is -2.21. The van der Waals surface area contributed by atoms with Gasteiger partial charge in [0.2, 0.25) is 11.8 Å². The molecule has 0 saturated heterocycles. The number of rotatable bonds is 6. The number of benzene rings is 1. The van der Waals surface area contributed by atoms with Gasteiger partial charge in [-0.3, -0.25) is 9.59 Å². The Hall–Kier alpha value is -1.85.